The zero-order valence-electron chi connectivity index (χ0n) is 11.5. The van der Waals surface area contributed by atoms with Gasteiger partial charge in [0.15, 0.2) is 0 Å². The summed E-state index contributed by atoms with van der Waals surface area (Å²) in [5.41, 5.74) is 5.37. The lowest BCUT2D eigenvalue weighted by Crippen LogP contribution is -1.81. The maximum atomic E-state index is 4.74. The van der Waals surface area contributed by atoms with Gasteiger partial charge in [-0.2, -0.15) is 5.10 Å². The van der Waals surface area contributed by atoms with E-state index in [-0.39, 0.29) is 0 Å². The number of nitrogens with zero attached hydrogens (tertiary/aromatic N) is 2. The highest BCUT2D eigenvalue weighted by molar-refractivity contribution is 7.13. The predicted octanol–water partition coefficient (Wildman–Crippen LogP) is 4.66. The van der Waals surface area contributed by atoms with Crippen LogP contribution in [0.25, 0.3) is 32.9 Å². The SMILES string of the molecule is Cc1ccc(-c2csc(-c3n[nH]c4ccccc34)n2)cc1. The highest BCUT2D eigenvalue weighted by Crippen LogP contribution is 2.31. The fraction of sp³-hybridized carbons (Fsp3) is 0.0588. The van der Waals surface area contributed by atoms with Crippen LogP contribution in [0.5, 0.6) is 0 Å². The van der Waals surface area contributed by atoms with Gasteiger partial charge in [0.05, 0.1) is 11.2 Å². The van der Waals surface area contributed by atoms with Crippen molar-refractivity contribution < 1.29 is 0 Å². The Kier molecular flexibility index (Phi) is 2.82. The number of para-hydroxylation sites is 1. The van der Waals surface area contributed by atoms with E-state index in [1.807, 2.05) is 18.2 Å². The Labute approximate surface area is 126 Å². The van der Waals surface area contributed by atoms with Gasteiger partial charge in [0.2, 0.25) is 0 Å². The molecule has 0 amide bonds. The molecule has 0 aliphatic rings. The zero-order chi connectivity index (χ0) is 14.2. The summed E-state index contributed by atoms with van der Waals surface area (Å²) in [4.78, 5) is 4.74. The van der Waals surface area contributed by atoms with Gasteiger partial charge in [-0.3, -0.25) is 5.10 Å². The zero-order valence-corrected chi connectivity index (χ0v) is 12.3. The molecule has 0 saturated heterocycles. The van der Waals surface area contributed by atoms with Crippen LogP contribution >= 0.6 is 11.3 Å². The minimum atomic E-state index is 0.925. The van der Waals surface area contributed by atoms with Gasteiger partial charge in [0, 0.05) is 16.3 Å². The van der Waals surface area contributed by atoms with Gasteiger partial charge in [0.25, 0.3) is 0 Å². The van der Waals surface area contributed by atoms with Crippen LogP contribution in [-0.2, 0) is 0 Å². The van der Waals surface area contributed by atoms with E-state index in [4.69, 9.17) is 4.98 Å². The van der Waals surface area contributed by atoms with Gasteiger partial charge in [-0.15, -0.1) is 11.3 Å². The maximum Gasteiger partial charge on any atom is 0.145 e. The molecule has 0 aliphatic heterocycles. The number of fused-ring (bicyclic) bond motifs is 1. The van der Waals surface area contributed by atoms with E-state index >= 15 is 0 Å². The second kappa shape index (κ2) is 4.82. The lowest BCUT2D eigenvalue weighted by molar-refractivity contribution is 1.12. The average Bonchev–Trinajstić information content (AvgIpc) is 3.14. The van der Waals surface area contributed by atoms with Crippen molar-refractivity contribution in [3.63, 3.8) is 0 Å². The average molecular weight is 291 g/mol. The third-order valence-corrected chi connectivity index (χ3v) is 4.37. The number of thiazole rings is 1. The van der Waals surface area contributed by atoms with E-state index in [9.17, 15) is 0 Å². The summed E-state index contributed by atoms with van der Waals surface area (Å²) in [5, 5.41) is 11.6. The molecule has 0 aliphatic carbocycles. The molecule has 4 heteroatoms. The number of aryl methyl sites for hydroxylation is 1. The summed E-state index contributed by atoms with van der Waals surface area (Å²) in [6, 6.07) is 16.6. The molecule has 0 spiro atoms. The summed E-state index contributed by atoms with van der Waals surface area (Å²) < 4.78 is 0. The van der Waals surface area contributed by atoms with Gasteiger partial charge in [-0.25, -0.2) is 4.98 Å². The molecule has 102 valence electrons. The van der Waals surface area contributed by atoms with Gasteiger partial charge < -0.3 is 0 Å². The van der Waals surface area contributed by atoms with E-state index in [2.05, 4.69) is 52.8 Å². The Morgan fingerprint density at radius 3 is 2.67 bits per heavy atom. The Morgan fingerprint density at radius 1 is 1.00 bits per heavy atom. The molecule has 4 aromatic rings. The number of hydrogen-bond donors (Lipinski definition) is 1. The lowest BCUT2D eigenvalue weighted by atomic mass is 10.1. The smallest absolute Gasteiger partial charge is 0.145 e. The van der Waals surface area contributed by atoms with Crippen LogP contribution in [0.3, 0.4) is 0 Å². The van der Waals surface area contributed by atoms with Gasteiger partial charge in [0.1, 0.15) is 10.7 Å². The van der Waals surface area contributed by atoms with E-state index in [0.717, 1.165) is 32.9 Å². The molecule has 0 atom stereocenters. The molecule has 21 heavy (non-hydrogen) atoms. The van der Waals surface area contributed by atoms with E-state index in [0.29, 0.717) is 0 Å². The molecule has 0 radical (unpaired) electrons. The quantitative estimate of drug-likeness (QED) is 0.583. The topological polar surface area (TPSA) is 41.6 Å². The van der Waals surface area contributed by atoms with Gasteiger partial charge >= 0.3 is 0 Å². The number of rotatable bonds is 2. The summed E-state index contributed by atoms with van der Waals surface area (Å²) >= 11 is 1.63. The number of H-pyrrole nitrogens is 1. The molecule has 3 nitrogen and oxygen atoms in total. The van der Waals surface area contributed by atoms with Crippen LogP contribution in [0.15, 0.2) is 53.9 Å². The molecule has 1 N–H and O–H groups in total. The Hall–Kier alpha value is -2.46. The Balaban J connectivity index is 1.79. The van der Waals surface area contributed by atoms with Crippen molar-refractivity contribution in [3.05, 3.63) is 59.5 Å². The molecule has 2 aromatic carbocycles. The fourth-order valence-electron chi connectivity index (χ4n) is 2.37. The Bertz CT molecular complexity index is 903. The van der Waals surface area contributed by atoms with Crippen LogP contribution in [0.2, 0.25) is 0 Å². The second-order valence-corrected chi connectivity index (χ2v) is 5.88. The van der Waals surface area contributed by atoms with E-state index in [1.54, 1.807) is 11.3 Å². The third-order valence-electron chi connectivity index (χ3n) is 3.52. The molecule has 2 aromatic heterocycles. The largest absolute Gasteiger partial charge is 0.277 e. The van der Waals surface area contributed by atoms with E-state index in [1.165, 1.54) is 5.56 Å². The number of nitrogens with one attached hydrogen (secondary N) is 1. The normalized spacial score (nSPS) is 11.1. The first kappa shape index (κ1) is 12.3. The van der Waals surface area contributed by atoms with Crippen molar-refractivity contribution in [1.29, 1.82) is 0 Å². The fourth-order valence-corrected chi connectivity index (χ4v) is 3.20. The monoisotopic (exact) mass is 291 g/mol. The van der Waals surface area contributed by atoms with Gasteiger partial charge in [-0.05, 0) is 13.0 Å². The highest BCUT2D eigenvalue weighted by atomic mass is 32.1. The molecular formula is C17H13N3S. The molecule has 0 unspecified atom stereocenters. The second-order valence-electron chi connectivity index (χ2n) is 5.02. The van der Waals surface area contributed by atoms with Crippen molar-refractivity contribution in [2.24, 2.45) is 0 Å². The van der Waals surface area contributed by atoms with E-state index < -0.39 is 0 Å². The first-order valence-electron chi connectivity index (χ1n) is 6.77. The summed E-state index contributed by atoms with van der Waals surface area (Å²) in [6.45, 7) is 2.09. The number of aromatic nitrogens is 3. The first-order chi connectivity index (χ1) is 10.3. The van der Waals surface area contributed by atoms with Crippen molar-refractivity contribution >= 4 is 22.2 Å². The lowest BCUT2D eigenvalue weighted by Gasteiger charge is -1.97. The molecule has 0 saturated carbocycles. The predicted molar refractivity (Wildman–Crippen MR) is 87.4 cm³/mol. The van der Waals surface area contributed by atoms with Crippen LogP contribution < -0.4 is 0 Å². The number of hydrogen-bond acceptors (Lipinski definition) is 3. The Morgan fingerprint density at radius 2 is 1.81 bits per heavy atom. The molecule has 0 fully saturated rings. The van der Waals surface area contributed by atoms with Crippen LogP contribution in [0, 0.1) is 6.92 Å². The summed E-state index contributed by atoms with van der Waals surface area (Å²) in [7, 11) is 0. The molecule has 0 bridgehead atoms. The minimum Gasteiger partial charge on any atom is -0.277 e. The van der Waals surface area contributed by atoms with Crippen molar-refractivity contribution in [1.82, 2.24) is 15.2 Å². The van der Waals surface area contributed by atoms with Crippen LogP contribution in [0.4, 0.5) is 0 Å². The standard InChI is InChI=1S/C17H13N3S/c1-11-6-8-12(9-7-11)15-10-21-17(18-15)16-13-4-2-3-5-14(13)19-20-16/h2-10H,1H3,(H,19,20). The summed E-state index contributed by atoms with van der Waals surface area (Å²) in [6.07, 6.45) is 0. The molecular weight excluding hydrogens is 278 g/mol. The third kappa shape index (κ3) is 2.14. The van der Waals surface area contributed by atoms with Crippen LogP contribution in [-0.4, -0.2) is 15.2 Å². The minimum absolute atomic E-state index is 0.925. The number of benzene rings is 2. The number of aromatic amines is 1. The maximum absolute atomic E-state index is 4.74. The van der Waals surface area contributed by atoms with Crippen LogP contribution in [0.1, 0.15) is 5.56 Å². The molecule has 2 heterocycles. The van der Waals surface area contributed by atoms with Gasteiger partial charge in [-0.1, -0.05) is 48.0 Å². The van der Waals surface area contributed by atoms with Crippen molar-refractivity contribution in [3.8, 4) is 22.0 Å². The van der Waals surface area contributed by atoms with Crippen molar-refractivity contribution in [2.45, 2.75) is 6.92 Å². The molecule has 4 rings (SSSR count). The van der Waals surface area contributed by atoms with Crippen molar-refractivity contribution in [2.75, 3.05) is 0 Å². The first-order valence-corrected chi connectivity index (χ1v) is 7.65. The summed E-state index contributed by atoms with van der Waals surface area (Å²) in [5.74, 6) is 0. The highest BCUT2D eigenvalue weighted by Gasteiger charge is 2.12.